The average Bonchev–Trinajstić information content (AvgIpc) is 2.88. The summed E-state index contributed by atoms with van der Waals surface area (Å²) in [4.78, 5) is 14.2. The lowest BCUT2D eigenvalue weighted by molar-refractivity contribution is -0.122. The Labute approximate surface area is 119 Å². The van der Waals surface area contributed by atoms with Crippen LogP contribution in [-0.2, 0) is 4.79 Å². The number of rotatable bonds is 3. The Hall–Kier alpha value is -1.55. The van der Waals surface area contributed by atoms with E-state index < -0.39 is 6.10 Å². The molecule has 3 rings (SSSR count). The van der Waals surface area contributed by atoms with E-state index in [2.05, 4.69) is 16.3 Å². The van der Waals surface area contributed by atoms with Gasteiger partial charge in [0.15, 0.2) is 0 Å². The number of amides is 1. The van der Waals surface area contributed by atoms with Crippen molar-refractivity contribution in [1.82, 2.24) is 5.32 Å². The summed E-state index contributed by atoms with van der Waals surface area (Å²) in [6.07, 6.45) is 2.28. The second-order valence-corrected chi connectivity index (χ2v) is 5.74. The molecule has 4 nitrogen and oxygen atoms in total. The number of anilines is 1. The molecule has 0 radical (unpaired) electrons. The molecule has 1 amide bonds. The van der Waals surface area contributed by atoms with Gasteiger partial charge in [-0.05, 0) is 25.3 Å². The van der Waals surface area contributed by atoms with Crippen molar-refractivity contribution in [3.63, 3.8) is 0 Å². The molecule has 1 aromatic rings. The van der Waals surface area contributed by atoms with Crippen molar-refractivity contribution in [3.8, 4) is 0 Å². The van der Waals surface area contributed by atoms with Gasteiger partial charge in [-0.15, -0.1) is 0 Å². The van der Waals surface area contributed by atoms with E-state index in [0.717, 1.165) is 37.2 Å². The molecule has 2 aliphatic rings. The number of aliphatic hydroxyl groups is 1. The number of para-hydroxylation sites is 1. The van der Waals surface area contributed by atoms with E-state index in [1.807, 2.05) is 25.1 Å². The van der Waals surface area contributed by atoms with Crippen LogP contribution in [0.1, 0.15) is 37.9 Å². The third kappa shape index (κ3) is 2.18. The second-order valence-electron chi connectivity index (χ2n) is 5.74. The number of hydrogen-bond acceptors (Lipinski definition) is 3. The first-order chi connectivity index (χ1) is 9.72. The van der Waals surface area contributed by atoms with Gasteiger partial charge in [0, 0.05) is 24.3 Å². The molecule has 108 valence electrons. The molecule has 0 saturated carbocycles. The fourth-order valence-electron chi connectivity index (χ4n) is 3.50. The Morgan fingerprint density at radius 1 is 1.45 bits per heavy atom. The fourth-order valence-corrected chi connectivity index (χ4v) is 3.50. The van der Waals surface area contributed by atoms with Gasteiger partial charge >= 0.3 is 0 Å². The number of carbonyl (C=O) groups is 1. The van der Waals surface area contributed by atoms with Crippen molar-refractivity contribution >= 4 is 11.6 Å². The Bertz CT molecular complexity index is 503. The largest absolute Gasteiger partial charge is 0.388 e. The molecule has 2 saturated heterocycles. The van der Waals surface area contributed by atoms with Gasteiger partial charge in [0.2, 0.25) is 5.91 Å². The van der Waals surface area contributed by atoms with Gasteiger partial charge in [-0.25, -0.2) is 0 Å². The molecule has 0 bridgehead atoms. The van der Waals surface area contributed by atoms with Gasteiger partial charge in [-0.2, -0.15) is 0 Å². The second kappa shape index (κ2) is 5.44. The third-order valence-electron chi connectivity index (χ3n) is 4.59. The molecule has 0 spiro atoms. The van der Waals surface area contributed by atoms with E-state index in [4.69, 9.17) is 0 Å². The lowest BCUT2D eigenvalue weighted by atomic mass is 9.90. The van der Waals surface area contributed by atoms with Gasteiger partial charge in [-0.3, -0.25) is 4.79 Å². The molecule has 2 fully saturated rings. The predicted octanol–water partition coefficient (Wildman–Crippen LogP) is 1.84. The number of aliphatic hydroxyl groups excluding tert-OH is 1. The van der Waals surface area contributed by atoms with Crippen LogP contribution in [-0.4, -0.2) is 30.1 Å². The normalized spacial score (nSPS) is 27.1. The van der Waals surface area contributed by atoms with Crippen LogP contribution in [0, 0.1) is 5.92 Å². The SMILES string of the molecule is CC[C@@H](O)c1ccccc1N1CCCC2C(=O)NCC21. The van der Waals surface area contributed by atoms with Crippen LogP contribution in [0.4, 0.5) is 5.69 Å². The zero-order chi connectivity index (χ0) is 14.1. The number of piperidine rings is 1. The molecular weight excluding hydrogens is 252 g/mol. The van der Waals surface area contributed by atoms with Crippen molar-refractivity contribution < 1.29 is 9.90 Å². The highest BCUT2D eigenvalue weighted by molar-refractivity contribution is 5.83. The van der Waals surface area contributed by atoms with Crippen molar-refractivity contribution in [3.05, 3.63) is 29.8 Å². The summed E-state index contributed by atoms with van der Waals surface area (Å²) >= 11 is 0. The minimum atomic E-state index is -0.434. The summed E-state index contributed by atoms with van der Waals surface area (Å²) in [5, 5.41) is 13.2. The van der Waals surface area contributed by atoms with E-state index in [-0.39, 0.29) is 17.9 Å². The molecule has 2 unspecified atom stereocenters. The molecule has 1 aromatic carbocycles. The van der Waals surface area contributed by atoms with Crippen molar-refractivity contribution in [2.75, 3.05) is 18.0 Å². The van der Waals surface area contributed by atoms with Crippen LogP contribution < -0.4 is 10.2 Å². The monoisotopic (exact) mass is 274 g/mol. The first-order valence-corrected chi connectivity index (χ1v) is 7.53. The first kappa shape index (κ1) is 13.4. The van der Waals surface area contributed by atoms with E-state index in [1.165, 1.54) is 0 Å². The molecular formula is C16H22N2O2. The standard InChI is InChI=1S/C16H22N2O2/c1-2-15(19)11-6-3-4-8-13(11)18-9-5-7-12-14(18)10-17-16(12)20/h3-4,6,8,12,14-15,19H,2,5,7,9-10H2,1H3,(H,17,20)/t12?,14?,15-/m1/s1. The average molecular weight is 274 g/mol. The minimum absolute atomic E-state index is 0.107. The number of nitrogens with one attached hydrogen (secondary N) is 1. The molecule has 2 N–H and O–H groups in total. The van der Waals surface area contributed by atoms with Crippen LogP contribution in [0.2, 0.25) is 0 Å². The molecule has 2 aliphatic heterocycles. The van der Waals surface area contributed by atoms with Crippen LogP contribution in [0.5, 0.6) is 0 Å². The van der Waals surface area contributed by atoms with Crippen molar-refractivity contribution in [1.29, 1.82) is 0 Å². The van der Waals surface area contributed by atoms with Gasteiger partial charge in [-0.1, -0.05) is 25.1 Å². The first-order valence-electron chi connectivity index (χ1n) is 7.53. The number of fused-ring (bicyclic) bond motifs is 1. The highest BCUT2D eigenvalue weighted by Gasteiger charge is 2.41. The Balaban J connectivity index is 1.94. The number of benzene rings is 1. The van der Waals surface area contributed by atoms with Crippen LogP contribution in [0.15, 0.2) is 24.3 Å². The minimum Gasteiger partial charge on any atom is -0.388 e. The number of nitrogens with zero attached hydrogens (tertiary/aromatic N) is 1. The highest BCUT2D eigenvalue weighted by Crippen LogP contribution is 2.35. The fraction of sp³-hybridized carbons (Fsp3) is 0.562. The van der Waals surface area contributed by atoms with Gasteiger partial charge < -0.3 is 15.3 Å². The van der Waals surface area contributed by atoms with E-state index in [9.17, 15) is 9.90 Å². The molecule has 3 atom stereocenters. The topological polar surface area (TPSA) is 52.6 Å². The van der Waals surface area contributed by atoms with Crippen LogP contribution >= 0.6 is 0 Å². The Kier molecular flexibility index (Phi) is 3.66. The Morgan fingerprint density at radius 3 is 3.05 bits per heavy atom. The number of carbonyl (C=O) groups excluding carboxylic acids is 1. The molecule has 0 aliphatic carbocycles. The molecule has 4 heteroatoms. The maximum absolute atomic E-state index is 11.9. The summed E-state index contributed by atoms with van der Waals surface area (Å²) in [7, 11) is 0. The van der Waals surface area contributed by atoms with Crippen LogP contribution in [0.3, 0.4) is 0 Å². The van der Waals surface area contributed by atoms with E-state index in [0.29, 0.717) is 6.42 Å². The maximum Gasteiger partial charge on any atom is 0.225 e. The van der Waals surface area contributed by atoms with Gasteiger partial charge in [0.05, 0.1) is 18.1 Å². The van der Waals surface area contributed by atoms with Crippen molar-refractivity contribution in [2.45, 2.75) is 38.3 Å². The molecule has 20 heavy (non-hydrogen) atoms. The number of hydrogen-bond donors (Lipinski definition) is 2. The smallest absolute Gasteiger partial charge is 0.225 e. The summed E-state index contributed by atoms with van der Waals surface area (Å²) in [5.41, 5.74) is 2.07. The zero-order valence-corrected chi connectivity index (χ0v) is 11.9. The maximum atomic E-state index is 11.9. The highest BCUT2D eigenvalue weighted by atomic mass is 16.3. The lowest BCUT2D eigenvalue weighted by Gasteiger charge is -2.39. The molecule has 2 heterocycles. The summed E-state index contributed by atoms with van der Waals surface area (Å²) < 4.78 is 0. The summed E-state index contributed by atoms with van der Waals surface area (Å²) in [5.74, 6) is 0.295. The van der Waals surface area contributed by atoms with E-state index >= 15 is 0 Å². The van der Waals surface area contributed by atoms with Crippen LogP contribution in [0.25, 0.3) is 0 Å². The molecule has 0 aromatic heterocycles. The third-order valence-corrected chi connectivity index (χ3v) is 4.59. The van der Waals surface area contributed by atoms with Gasteiger partial charge in [0.1, 0.15) is 0 Å². The summed E-state index contributed by atoms with van der Waals surface area (Å²) in [6.45, 7) is 3.67. The quantitative estimate of drug-likeness (QED) is 0.884. The predicted molar refractivity (Wildman–Crippen MR) is 78.6 cm³/mol. The van der Waals surface area contributed by atoms with Crippen molar-refractivity contribution in [2.24, 2.45) is 5.92 Å². The Morgan fingerprint density at radius 2 is 2.25 bits per heavy atom. The zero-order valence-electron chi connectivity index (χ0n) is 11.9. The van der Waals surface area contributed by atoms with E-state index in [1.54, 1.807) is 0 Å². The summed E-state index contributed by atoms with van der Waals surface area (Å²) in [6, 6.07) is 8.28. The van der Waals surface area contributed by atoms with Gasteiger partial charge in [0.25, 0.3) is 0 Å². The lowest BCUT2D eigenvalue weighted by Crippen LogP contribution is -2.46.